The zero-order chi connectivity index (χ0) is 24.0. The van der Waals surface area contributed by atoms with Crippen LogP contribution in [0.25, 0.3) is 0 Å². The van der Waals surface area contributed by atoms with Crippen molar-refractivity contribution in [2.75, 3.05) is 32.9 Å². The van der Waals surface area contributed by atoms with Crippen LogP contribution in [0.1, 0.15) is 41.5 Å². The number of rotatable bonds is 7. The van der Waals surface area contributed by atoms with Gasteiger partial charge >= 0.3 is 17.9 Å². The van der Waals surface area contributed by atoms with Gasteiger partial charge in [0, 0.05) is 24.5 Å². The number of allylic oxidation sites excluding steroid dienone is 2. The lowest BCUT2D eigenvalue weighted by Gasteiger charge is -2.35. The summed E-state index contributed by atoms with van der Waals surface area (Å²) in [5, 5.41) is 2.93. The van der Waals surface area contributed by atoms with Gasteiger partial charge in [0.05, 0.1) is 36.6 Å². The Morgan fingerprint density at radius 2 is 1.38 bits per heavy atom. The van der Waals surface area contributed by atoms with Crippen molar-refractivity contribution < 1.29 is 38.1 Å². The summed E-state index contributed by atoms with van der Waals surface area (Å²) >= 11 is 0. The molecule has 1 saturated heterocycles. The van der Waals surface area contributed by atoms with Gasteiger partial charge in [-0.05, 0) is 41.5 Å². The van der Waals surface area contributed by atoms with Gasteiger partial charge in [-0.15, -0.1) is 0 Å². The molecule has 178 valence electrons. The van der Waals surface area contributed by atoms with Crippen molar-refractivity contribution in [2.45, 2.75) is 53.8 Å². The Bertz CT molecular complexity index is 782. The number of hydrogen-bond donors (Lipinski definition) is 1. The van der Waals surface area contributed by atoms with E-state index in [-0.39, 0.29) is 42.5 Å². The maximum Gasteiger partial charge on any atom is 0.337 e. The summed E-state index contributed by atoms with van der Waals surface area (Å²) in [5.41, 5.74) is 0.620. The Hall–Kier alpha value is -2.88. The van der Waals surface area contributed by atoms with Gasteiger partial charge < -0.3 is 29.2 Å². The van der Waals surface area contributed by atoms with Gasteiger partial charge in [-0.2, -0.15) is 0 Å². The van der Waals surface area contributed by atoms with E-state index in [9.17, 15) is 19.2 Å². The topological polar surface area (TPSA) is 120 Å². The van der Waals surface area contributed by atoms with Gasteiger partial charge in [-0.1, -0.05) is 0 Å². The number of esters is 3. The number of nitrogens with zero attached hydrogens (tertiary/aromatic N) is 1. The molecule has 0 unspecified atom stereocenters. The molecule has 0 radical (unpaired) electrons. The molecule has 0 aliphatic carbocycles. The average Bonchev–Trinajstić information content (AvgIpc) is 2.70. The first-order chi connectivity index (χ1) is 15.1. The van der Waals surface area contributed by atoms with Gasteiger partial charge in [0.2, 0.25) is 0 Å². The van der Waals surface area contributed by atoms with E-state index in [1.54, 1.807) is 32.6 Å². The van der Waals surface area contributed by atoms with Gasteiger partial charge in [-0.25, -0.2) is 9.59 Å². The summed E-state index contributed by atoms with van der Waals surface area (Å²) in [4.78, 5) is 52.5. The summed E-state index contributed by atoms with van der Waals surface area (Å²) in [5.74, 6) is -4.17. The zero-order valence-corrected chi connectivity index (χ0v) is 19.5. The molecule has 0 aromatic carbocycles. The van der Waals surface area contributed by atoms with Crippen LogP contribution in [0.15, 0.2) is 22.5 Å². The lowest BCUT2D eigenvalue weighted by atomic mass is 9.85. The van der Waals surface area contributed by atoms with Crippen LogP contribution in [-0.4, -0.2) is 73.8 Å². The summed E-state index contributed by atoms with van der Waals surface area (Å²) in [6, 6.07) is 0. The molecule has 32 heavy (non-hydrogen) atoms. The third-order valence-corrected chi connectivity index (χ3v) is 5.10. The van der Waals surface area contributed by atoms with Gasteiger partial charge in [-0.3, -0.25) is 9.59 Å². The van der Waals surface area contributed by atoms with E-state index in [0.29, 0.717) is 24.5 Å². The van der Waals surface area contributed by atoms with Crippen LogP contribution in [0.5, 0.6) is 0 Å². The molecule has 2 aliphatic rings. The lowest BCUT2D eigenvalue weighted by molar-refractivity contribution is -0.160. The van der Waals surface area contributed by atoms with Crippen molar-refractivity contribution in [1.29, 1.82) is 0 Å². The first kappa shape index (κ1) is 25.4. The summed E-state index contributed by atoms with van der Waals surface area (Å²) in [6.07, 6.45) is -0.269. The first-order valence-electron chi connectivity index (χ1n) is 10.7. The van der Waals surface area contributed by atoms with Crippen molar-refractivity contribution in [2.24, 2.45) is 5.92 Å². The molecular formula is C22H32N2O8. The van der Waals surface area contributed by atoms with Crippen LogP contribution in [-0.2, 0) is 38.1 Å². The number of dihydropyridines is 1. The molecular weight excluding hydrogens is 420 g/mol. The normalized spacial score (nSPS) is 21.8. The minimum Gasteiger partial charge on any atom is -0.463 e. The summed E-state index contributed by atoms with van der Waals surface area (Å²) < 4.78 is 21.1. The number of hydrogen-bond acceptors (Lipinski definition) is 9. The van der Waals surface area contributed by atoms with Gasteiger partial charge in [0.25, 0.3) is 5.91 Å². The zero-order valence-electron chi connectivity index (χ0n) is 19.5. The van der Waals surface area contributed by atoms with Crippen molar-refractivity contribution in [3.63, 3.8) is 0 Å². The third kappa shape index (κ3) is 5.87. The number of nitrogens with one attached hydrogen (secondary N) is 1. The van der Waals surface area contributed by atoms with Crippen LogP contribution in [0.2, 0.25) is 0 Å². The minimum absolute atomic E-state index is 0.0495. The second kappa shape index (κ2) is 11.1. The number of morpholine rings is 1. The van der Waals surface area contributed by atoms with Crippen LogP contribution in [0, 0.1) is 5.92 Å². The Morgan fingerprint density at radius 3 is 1.81 bits per heavy atom. The standard InChI is InChI=1S/C22H32N2O8/c1-7-29-20(26)17-14(5)23-15(6)18(21(27)30-8-2)19(17)22(28)31-11-16(25)24-9-12(3)32-13(4)10-24/h12-13,19,23H,7-11H2,1-6H3/t12-,13-/m0/s1. The highest BCUT2D eigenvalue weighted by atomic mass is 16.5. The number of amides is 1. The van der Waals surface area contributed by atoms with Crippen LogP contribution in [0.4, 0.5) is 0 Å². The smallest absolute Gasteiger partial charge is 0.337 e. The predicted molar refractivity (Wildman–Crippen MR) is 113 cm³/mol. The Morgan fingerprint density at radius 1 is 0.906 bits per heavy atom. The van der Waals surface area contributed by atoms with E-state index in [1.165, 1.54) is 0 Å². The molecule has 10 nitrogen and oxygen atoms in total. The van der Waals surface area contributed by atoms with E-state index in [4.69, 9.17) is 18.9 Å². The predicted octanol–water partition coefficient (Wildman–Crippen LogP) is 1.06. The molecule has 2 rings (SSSR count). The Balaban J connectivity index is 2.26. The molecule has 1 N–H and O–H groups in total. The van der Waals surface area contributed by atoms with E-state index in [0.717, 1.165) is 0 Å². The molecule has 1 fully saturated rings. The maximum atomic E-state index is 13.1. The molecule has 10 heteroatoms. The fourth-order valence-corrected chi connectivity index (χ4v) is 3.88. The Labute approximate surface area is 187 Å². The van der Waals surface area contributed by atoms with E-state index in [2.05, 4.69) is 5.32 Å². The highest BCUT2D eigenvalue weighted by Gasteiger charge is 2.43. The Kier molecular flexibility index (Phi) is 8.82. The minimum atomic E-state index is -1.37. The van der Waals surface area contributed by atoms with Crippen LogP contribution >= 0.6 is 0 Å². The molecule has 0 spiro atoms. The molecule has 0 aromatic heterocycles. The van der Waals surface area contributed by atoms with Crippen molar-refractivity contribution in [1.82, 2.24) is 10.2 Å². The number of ether oxygens (including phenoxy) is 4. The molecule has 0 bridgehead atoms. The SMILES string of the molecule is CCOC(=O)C1=C(C)NC(C)=C(C(=O)OCC)C1C(=O)OCC(=O)N1C[C@H](C)O[C@@H](C)C1. The number of carbonyl (C=O) groups excluding carboxylic acids is 4. The second-order valence-corrected chi connectivity index (χ2v) is 7.74. The summed E-state index contributed by atoms with van der Waals surface area (Å²) in [6.45, 7) is 10.6. The van der Waals surface area contributed by atoms with Crippen molar-refractivity contribution >= 4 is 23.8 Å². The van der Waals surface area contributed by atoms with Crippen molar-refractivity contribution in [3.8, 4) is 0 Å². The van der Waals surface area contributed by atoms with Gasteiger partial charge in [0.1, 0.15) is 5.92 Å². The quantitative estimate of drug-likeness (QED) is 0.446. The maximum absolute atomic E-state index is 13.1. The molecule has 0 aromatic rings. The third-order valence-electron chi connectivity index (χ3n) is 5.10. The van der Waals surface area contributed by atoms with E-state index >= 15 is 0 Å². The molecule has 2 heterocycles. The fraction of sp³-hybridized carbons (Fsp3) is 0.636. The van der Waals surface area contributed by atoms with Crippen LogP contribution in [0.3, 0.4) is 0 Å². The molecule has 1 amide bonds. The van der Waals surface area contributed by atoms with E-state index < -0.39 is 30.4 Å². The highest BCUT2D eigenvalue weighted by molar-refractivity contribution is 6.05. The van der Waals surface area contributed by atoms with E-state index in [1.807, 2.05) is 13.8 Å². The second-order valence-electron chi connectivity index (χ2n) is 7.74. The lowest BCUT2D eigenvalue weighted by Crippen LogP contribution is -2.49. The fourth-order valence-electron chi connectivity index (χ4n) is 3.88. The largest absolute Gasteiger partial charge is 0.463 e. The molecule has 0 saturated carbocycles. The summed E-state index contributed by atoms with van der Waals surface area (Å²) in [7, 11) is 0. The molecule has 2 atom stereocenters. The van der Waals surface area contributed by atoms with Crippen LogP contribution < -0.4 is 5.32 Å². The first-order valence-corrected chi connectivity index (χ1v) is 10.7. The molecule has 2 aliphatic heterocycles. The van der Waals surface area contributed by atoms with Gasteiger partial charge in [0.15, 0.2) is 6.61 Å². The average molecular weight is 453 g/mol. The highest BCUT2D eigenvalue weighted by Crippen LogP contribution is 2.32. The van der Waals surface area contributed by atoms with Crippen molar-refractivity contribution in [3.05, 3.63) is 22.5 Å². The monoisotopic (exact) mass is 452 g/mol. The number of carbonyl (C=O) groups is 4.